The van der Waals surface area contributed by atoms with E-state index in [0.29, 0.717) is 16.0 Å². The molecule has 0 bridgehead atoms. The molecule has 39 heavy (non-hydrogen) atoms. The number of benzene rings is 3. The van der Waals surface area contributed by atoms with E-state index in [0.717, 1.165) is 12.2 Å². The Morgan fingerprint density at radius 3 is 1.51 bits per heavy atom. The molecule has 0 fully saturated rings. The molecule has 0 aromatic heterocycles. The van der Waals surface area contributed by atoms with Crippen LogP contribution in [0.4, 0.5) is 0 Å². The summed E-state index contributed by atoms with van der Waals surface area (Å²) in [7, 11) is 0. The van der Waals surface area contributed by atoms with Gasteiger partial charge in [-0.3, -0.25) is 0 Å². The summed E-state index contributed by atoms with van der Waals surface area (Å²) < 4.78 is 31.1. The first-order chi connectivity index (χ1) is 18.8. The van der Waals surface area contributed by atoms with Crippen molar-refractivity contribution >= 4 is 39.8 Å². The summed E-state index contributed by atoms with van der Waals surface area (Å²) in [5.74, 6) is -1.32. The van der Waals surface area contributed by atoms with Crippen LogP contribution in [0.5, 0.6) is 23.0 Å². The number of carbonyl (C=O) groups is 4. The minimum Gasteiger partial charge on any atom is -0.457 e. The highest BCUT2D eigenvalue weighted by Gasteiger charge is 2.14. The summed E-state index contributed by atoms with van der Waals surface area (Å²) in [6.45, 7) is 5.96. The number of ether oxygens (including phenoxy) is 6. The molecule has 3 rings (SSSR count). The van der Waals surface area contributed by atoms with Crippen LogP contribution in [0.1, 0.15) is 20.7 Å². The topological polar surface area (TPSA) is 124 Å². The Morgan fingerprint density at radius 2 is 1.08 bits per heavy atom. The Labute approximate surface area is 231 Å². The Bertz CT molecular complexity index is 1360. The quantitative estimate of drug-likeness (QED) is 0.122. The fourth-order valence-corrected chi connectivity index (χ4v) is 3.19. The second-order valence-electron chi connectivity index (χ2n) is 7.28. The molecule has 0 saturated heterocycles. The standard InChI is InChI=1S/C28H21BrO10/c1-3-25(30)36-16-34-20-9-5-18(6-10-20)27(32)38-22-13-14-24(23(29)15-22)39-28(33)19-7-11-21(12-8-19)35-17-37-26(31)4-2/h3-15H,1-2,16-17H2. The Morgan fingerprint density at radius 1 is 0.641 bits per heavy atom. The third kappa shape index (κ3) is 8.86. The zero-order valence-electron chi connectivity index (χ0n) is 20.3. The van der Waals surface area contributed by atoms with Crippen molar-refractivity contribution in [2.75, 3.05) is 13.6 Å². The van der Waals surface area contributed by atoms with Crippen molar-refractivity contribution in [2.45, 2.75) is 0 Å². The third-order valence-corrected chi connectivity index (χ3v) is 5.30. The molecule has 3 aromatic carbocycles. The molecule has 0 aliphatic carbocycles. The van der Waals surface area contributed by atoms with Gasteiger partial charge in [0.15, 0.2) is 0 Å². The predicted molar refractivity (Wildman–Crippen MR) is 141 cm³/mol. The minimum atomic E-state index is -0.633. The van der Waals surface area contributed by atoms with Crippen molar-refractivity contribution in [3.63, 3.8) is 0 Å². The molecule has 0 atom stereocenters. The zero-order chi connectivity index (χ0) is 28.2. The minimum absolute atomic E-state index is 0.204. The normalized spacial score (nSPS) is 9.97. The number of hydrogen-bond donors (Lipinski definition) is 0. The predicted octanol–water partition coefficient (Wildman–Crippen LogP) is 5.02. The first-order valence-corrected chi connectivity index (χ1v) is 11.9. The van der Waals surface area contributed by atoms with E-state index < -0.39 is 23.9 Å². The number of halogens is 1. The van der Waals surface area contributed by atoms with E-state index in [2.05, 4.69) is 29.1 Å². The van der Waals surface area contributed by atoms with Gasteiger partial charge in [-0.15, -0.1) is 0 Å². The summed E-state index contributed by atoms with van der Waals surface area (Å²) in [5.41, 5.74) is 0.502. The van der Waals surface area contributed by atoms with E-state index >= 15 is 0 Å². The fourth-order valence-electron chi connectivity index (χ4n) is 2.76. The van der Waals surface area contributed by atoms with Gasteiger partial charge in [0.1, 0.15) is 23.0 Å². The lowest BCUT2D eigenvalue weighted by molar-refractivity contribution is -0.145. The molecule has 0 spiro atoms. The van der Waals surface area contributed by atoms with E-state index in [1.54, 1.807) is 0 Å². The summed E-state index contributed by atoms with van der Waals surface area (Å²) >= 11 is 3.31. The monoisotopic (exact) mass is 596 g/mol. The first kappa shape index (κ1) is 28.7. The highest BCUT2D eigenvalue weighted by molar-refractivity contribution is 9.10. The molecule has 0 amide bonds. The zero-order valence-corrected chi connectivity index (χ0v) is 21.9. The molecule has 200 valence electrons. The van der Waals surface area contributed by atoms with Gasteiger partial charge >= 0.3 is 23.9 Å². The summed E-state index contributed by atoms with van der Waals surface area (Å²) in [5, 5.41) is 0. The molecule has 11 heteroatoms. The van der Waals surface area contributed by atoms with Crippen molar-refractivity contribution in [3.8, 4) is 23.0 Å². The molecule has 0 aliphatic heterocycles. The van der Waals surface area contributed by atoms with Gasteiger partial charge in [0.05, 0.1) is 15.6 Å². The maximum Gasteiger partial charge on any atom is 0.343 e. The molecule has 0 heterocycles. The maximum absolute atomic E-state index is 12.5. The van der Waals surface area contributed by atoms with Gasteiger partial charge < -0.3 is 28.4 Å². The number of carbonyl (C=O) groups excluding carboxylic acids is 4. The molecule has 0 radical (unpaired) electrons. The van der Waals surface area contributed by atoms with Crippen LogP contribution in [-0.4, -0.2) is 37.5 Å². The summed E-state index contributed by atoms with van der Waals surface area (Å²) in [6, 6.07) is 16.5. The SMILES string of the molecule is C=CC(=O)OCOc1ccc(C(=O)Oc2ccc(OC(=O)c3ccc(OCOC(=O)C=C)cc3)c(Br)c2)cc1. The van der Waals surface area contributed by atoms with E-state index in [4.69, 9.17) is 28.4 Å². The lowest BCUT2D eigenvalue weighted by Crippen LogP contribution is -2.11. The van der Waals surface area contributed by atoms with Crippen LogP contribution in [0.25, 0.3) is 0 Å². The van der Waals surface area contributed by atoms with Crippen molar-refractivity contribution in [1.82, 2.24) is 0 Å². The average molecular weight is 597 g/mol. The average Bonchev–Trinajstić information content (AvgIpc) is 2.94. The van der Waals surface area contributed by atoms with Crippen molar-refractivity contribution in [2.24, 2.45) is 0 Å². The van der Waals surface area contributed by atoms with Crippen LogP contribution in [0.2, 0.25) is 0 Å². The molecule has 0 aliphatic rings. The fraction of sp³-hybridized carbons (Fsp3) is 0.0714. The Hall–Kier alpha value is -4.90. The van der Waals surface area contributed by atoms with E-state index in [1.807, 2.05) is 0 Å². The van der Waals surface area contributed by atoms with Crippen LogP contribution in [0.3, 0.4) is 0 Å². The van der Waals surface area contributed by atoms with Gasteiger partial charge in [-0.05, 0) is 82.7 Å². The molecule has 0 saturated carbocycles. The van der Waals surface area contributed by atoms with Gasteiger partial charge in [0, 0.05) is 12.2 Å². The summed E-state index contributed by atoms with van der Waals surface area (Å²) in [6.07, 6.45) is 2.03. The molecular formula is C28H21BrO10. The van der Waals surface area contributed by atoms with E-state index in [9.17, 15) is 19.2 Å². The van der Waals surface area contributed by atoms with Crippen molar-refractivity contribution < 1.29 is 47.6 Å². The van der Waals surface area contributed by atoms with Crippen LogP contribution < -0.4 is 18.9 Å². The van der Waals surface area contributed by atoms with Gasteiger partial charge in [-0.1, -0.05) is 13.2 Å². The van der Waals surface area contributed by atoms with Gasteiger partial charge in [-0.2, -0.15) is 0 Å². The molecule has 3 aromatic rings. The highest BCUT2D eigenvalue weighted by atomic mass is 79.9. The van der Waals surface area contributed by atoms with E-state index in [1.165, 1.54) is 66.7 Å². The van der Waals surface area contributed by atoms with Crippen molar-refractivity contribution in [3.05, 3.63) is 108 Å². The second-order valence-corrected chi connectivity index (χ2v) is 8.13. The van der Waals surface area contributed by atoms with Crippen LogP contribution in [-0.2, 0) is 19.1 Å². The second kappa shape index (κ2) is 14.1. The first-order valence-electron chi connectivity index (χ1n) is 11.1. The molecule has 0 unspecified atom stereocenters. The number of esters is 4. The van der Waals surface area contributed by atoms with Gasteiger partial charge in [0.2, 0.25) is 13.6 Å². The third-order valence-electron chi connectivity index (χ3n) is 4.68. The van der Waals surface area contributed by atoms with Crippen LogP contribution in [0.15, 0.2) is 96.5 Å². The van der Waals surface area contributed by atoms with Crippen molar-refractivity contribution in [1.29, 1.82) is 0 Å². The van der Waals surface area contributed by atoms with Crippen LogP contribution >= 0.6 is 15.9 Å². The molecular weight excluding hydrogens is 576 g/mol. The summed E-state index contributed by atoms with van der Waals surface area (Å²) in [4.78, 5) is 47.0. The van der Waals surface area contributed by atoms with E-state index in [-0.39, 0.29) is 36.2 Å². The molecule has 0 N–H and O–H groups in total. The van der Waals surface area contributed by atoms with Gasteiger partial charge in [0.25, 0.3) is 0 Å². The largest absolute Gasteiger partial charge is 0.457 e. The number of hydrogen-bond acceptors (Lipinski definition) is 10. The lowest BCUT2D eigenvalue weighted by atomic mass is 10.2. The Balaban J connectivity index is 1.53. The Kier molecular flexibility index (Phi) is 10.4. The molecule has 10 nitrogen and oxygen atoms in total. The highest BCUT2D eigenvalue weighted by Crippen LogP contribution is 2.30. The smallest absolute Gasteiger partial charge is 0.343 e. The maximum atomic E-state index is 12.5. The van der Waals surface area contributed by atoms with Crippen LogP contribution in [0, 0.1) is 0 Å². The van der Waals surface area contributed by atoms with Gasteiger partial charge in [-0.25, -0.2) is 19.2 Å². The lowest BCUT2D eigenvalue weighted by Gasteiger charge is -2.10. The number of rotatable bonds is 12.